The minimum absolute atomic E-state index is 0.0175. The molecule has 0 bridgehead atoms. The van der Waals surface area contributed by atoms with Crippen molar-refractivity contribution < 1.29 is 9.21 Å². The van der Waals surface area contributed by atoms with Gasteiger partial charge in [0.2, 0.25) is 11.6 Å². The Morgan fingerprint density at radius 3 is 2.88 bits per heavy atom. The van der Waals surface area contributed by atoms with Crippen molar-refractivity contribution in [3.63, 3.8) is 0 Å². The van der Waals surface area contributed by atoms with Gasteiger partial charge < -0.3 is 14.6 Å². The topological polar surface area (TPSA) is 71.3 Å². The van der Waals surface area contributed by atoms with E-state index in [2.05, 4.69) is 27.1 Å². The molecule has 1 aliphatic heterocycles. The second-order valence-electron chi connectivity index (χ2n) is 6.63. The molecule has 6 heteroatoms. The molecule has 0 saturated carbocycles. The van der Waals surface area contributed by atoms with Gasteiger partial charge in [-0.2, -0.15) is 4.98 Å². The van der Waals surface area contributed by atoms with E-state index in [1.54, 1.807) is 0 Å². The molecule has 0 aliphatic carbocycles. The normalized spacial score (nSPS) is 18.2. The second-order valence-corrected chi connectivity index (χ2v) is 6.63. The molecule has 130 valence electrons. The molecule has 2 aromatic heterocycles. The van der Waals surface area contributed by atoms with Crippen molar-refractivity contribution in [2.45, 2.75) is 47.0 Å². The zero-order chi connectivity index (χ0) is 17.3. The average molecular weight is 330 g/mol. The minimum Gasteiger partial charge on any atom is -0.443 e. The molecule has 2 aromatic rings. The van der Waals surface area contributed by atoms with Crippen molar-refractivity contribution in [1.29, 1.82) is 0 Å². The Kier molecular flexibility index (Phi) is 4.73. The monoisotopic (exact) mass is 330 g/mol. The predicted octanol–water partition coefficient (Wildman–Crippen LogP) is 2.89. The first-order chi connectivity index (χ1) is 11.5. The summed E-state index contributed by atoms with van der Waals surface area (Å²) in [5, 5.41) is 4.00. The summed E-state index contributed by atoms with van der Waals surface area (Å²) < 4.78 is 5.78. The van der Waals surface area contributed by atoms with Gasteiger partial charge in [0.05, 0.1) is 11.3 Å². The Morgan fingerprint density at radius 2 is 2.12 bits per heavy atom. The van der Waals surface area contributed by atoms with Crippen LogP contribution >= 0.6 is 0 Å². The van der Waals surface area contributed by atoms with E-state index in [9.17, 15) is 4.79 Å². The van der Waals surface area contributed by atoms with Gasteiger partial charge in [-0.3, -0.25) is 4.79 Å². The molecule has 0 unspecified atom stereocenters. The number of carbonyl (C=O) groups excluding carboxylic acids is 1. The summed E-state index contributed by atoms with van der Waals surface area (Å²) in [6.45, 7) is 10.3. The van der Waals surface area contributed by atoms with Crippen molar-refractivity contribution in [1.82, 2.24) is 15.3 Å². The molecule has 3 heterocycles. The number of fused-ring (bicyclic) bond motifs is 1. The molecule has 3 rings (SSSR count). The van der Waals surface area contributed by atoms with E-state index < -0.39 is 0 Å². The Balaban J connectivity index is 1.91. The molecule has 1 atom stereocenters. The molecule has 1 fully saturated rings. The highest BCUT2D eigenvalue weighted by atomic mass is 16.3. The number of carbonyl (C=O) groups is 1. The highest BCUT2D eigenvalue weighted by Crippen LogP contribution is 2.33. The van der Waals surface area contributed by atoms with Gasteiger partial charge in [0, 0.05) is 25.2 Å². The van der Waals surface area contributed by atoms with E-state index in [1.807, 2.05) is 20.8 Å². The quantitative estimate of drug-likeness (QED) is 0.933. The van der Waals surface area contributed by atoms with E-state index in [4.69, 9.17) is 4.42 Å². The fourth-order valence-corrected chi connectivity index (χ4v) is 3.34. The third-order valence-electron chi connectivity index (χ3n) is 4.76. The number of nitrogens with zero attached hydrogens (tertiary/aromatic N) is 3. The number of anilines is 1. The summed E-state index contributed by atoms with van der Waals surface area (Å²) in [6.07, 6.45) is 2.88. The third-order valence-corrected chi connectivity index (χ3v) is 4.76. The van der Waals surface area contributed by atoms with E-state index in [0.29, 0.717) is 18.1 Å². The van der Waals surface area contributed by atoms with Crippen molar-refractivity contribution >= 4 is 22.8 Å². The number of aromatic nitrogens is 2. The smallest absolute Gasteiger partial charge is 0.231 e. The van der Waals surface area contributed by atoms with Crippen LogP contribution < -0.4 is 10.2 Å². The first-order valence-corrected chi connectivity index (χ1v) is 8.78. The highest BCUT2D eigenvalue weighted by molar-refractivity contribution is 5.90. The molecular weight excluding hydrogens is 304 g/mol. The van der Waals surface area contributed by atoms with Crippen LogP contribution in [0.25, 0.3) is 11.1 Å². The zero-order valence-corrected chi connectivity index (χ0v) is 15.0. The standard InChI is InChI=1S/C18H26N4O2/c1-5-8-19-17(23)14-7-6-9-22(10-14)16-15-11(2)12(3)24-18(15)21-13(4)20-16/h14H,5-10H2,1-4H3,(H,19,23)/t14-/m1/s1. The molecule has 1 saturated heterocycles. The van der Waals surface area contributed by atoms with Gasteiger partial charge >= 0.3 is 0 Å². The number of nitrogens with one attached hydrogen (secondary N) is 1. The number of furan rings is 1. The number of rotatable bonds is 4. The van der Waals surface area contributed by atoms with E-state index >= 15 is 0 Å². The number of hydrogen-bond acceptors (Lipinski definition) is 5. The highest BCUT2D eigenvalue weighted by Gasteiger charge is 2.28. The largest absolute Gasteiger partial charge is 0.443 e. The third kappa shape index (κ3) is 3.09. The van der Waals surface area contributed by atoms with Crippen LogP contribution in [0.4, 0.5) is 5.82 Å². The van der Waals surface area contributed by atoms with Crippen LogP contribution in [0.15, 0.2) is 4.42 Å². The molecule has 0 aromatic carbocycles. The Bertz CT molecular complexity index is 753. The fourth-order valence-electron chi connectivity index (χ4n) is 3.34. The Labute approximate surface area is 142 Å². The van der Waals surface area contributed by atoms with Crippen LogP contribution in [-0.2, 0) is 4.79 Å². The van der Waals surface area contributed by atoms with Crippen molar-refractivity contribution in [2.75, 3.05) is 24.5 Å². The van der Waals surface area contributed by atoms with Crippen LogP contribution in [0.3, 0.4) is 0 Å². The Hall–Kier alpha value is -2.11. The van der Waals surface area contributed by atoms with Crippen LogP contribution in [0.1, 0.15) is 43.3 Å². The van der Waals surface area contributed by atoms with Gasteiger partial charge in [-0.1, -0.05) is 6.92 Å². The van der Waals surface area contributed by atoms with E-state index in [-0.39, 0.29) is 11.8 Å². The number of piperidine rings is 1. The summed E-state index contributed by atoms with van der Waals surface area (Å²) in [5.74, 6) is 2.65. The van der Waals surface area contributed by atoms with Gasteiger partial charge in [-0.15, -0.1) is 0 Å². The first-order valence-electron chi connectivity index (χ1n) is 8.78. The van der Waals surface area contributed by atoms with Gasteiger partial charge in [-0.05, 0) is 40.0 Å². The lowest BCUT2D eigenvalue weighted by atomic mass is 9.96. The molecule has 1 N–H and O–H groups in total. The lowest BCUT2D eigenvalue weighted by Gasteiger charge is -2.33. The van der Waals surface area contributed by atoms with Gasteiger partial charge in [-0.25, -0.2) is 4.98 Å². The Morgan fingerprint density at radius 1 is 1.33 bits per heavy atom. The second kappa shape index (κ2) is 6.79. The molecule has 1 amide bonds. The summed E-state index contributed by atoms with van der Waals surface area (Å²) in [7, 11) is 0. The van der Waals surface area contributed by atoms with Crippen molar-refractivity contribution in [3.05, 3.63) is 17.1 Å². The van der Waals surface area contributed by atoms with Crippen LogP contribution in [0.5, 0.6) is 0 Å². The van der Waals surface area contributed by atoms with Crippen molar-refractivity contribution in [2.24, 2.45) is 5.92 Å². The summed E-state index contributed by atoms with van der Waals surface area (Å²) in [5.41, 5.74) is 1.72. The van der Waals surface area contributed by atoms with E-state index in [1.165, 1.54) is 0 Å². The SMILES string of the molecule is CCCNC(=O)[C@@H]1CCCN(c2nc(C)nc3oc(C)c(C)c23)C1. The van der Waals surface area contributed by atoms with Gasteiger partial charge in [0.15, 0.2) is 0 Å². The predicted molar refractivity (Wildman–Crippen MR) is 94.3 cm³/mol. The number of aryl methyl sites for hydroxylation is 3. The van der Waals surface area contributed by atoms with Crippen LogP contribution in [-0.4, -0.2) is 35.5 Å². The minimum atomic E-state index is 0.0175. The van der Waals surface area contributed by atoms with Gasteiger partial charge in [0.25, 0.3) is 0 Å². The summed E-state index contributed by atoms with van der Waals surface area (Å²) in [4.78, 5) is 23.7. The number of amides is 1. The maximum atomic E-state index is 12.3. The molecule has 1 aliphatic rings. The molecule has 24 heavy (non-hydrogen) atoms. The molecular formula is C18H26N4O2. The average Bonchev–Trinajstić information content (AvgIpc) is 2.86. The number of hydrogen-bond donors (Lipinski definition) is 1. The lowest BCUT2D eigenvalue weighted by molar-refractivity contribution is -0.125. The van der Waals surface area contributed by atoms with Gasteiger partial charge in [0.1, 0.15) is 17.4 Å². The summed E-state index contributed by atoms with van der Waals surface area (Å²) >= 11 is 0. The molecule has 0 radical (unpaired) electrons. The van der Waals surface area contributed by atoms with Crippen molar-refractivity contribution in [3.8, 4) is 0 Å². The van der Waals surface area contributed by atoms with E-state index in [0.717, 1.165) is 54.9 Å². The van der Waals surface area contributed by atoms with Crippen LogP contribution in [0, 0.1) is 26.7 Å². The molecule has 0 spiro atoms. The fraction of sp³-hybridized carbons (Fsp3) is 0.611. The lowest BCUT2D eigenvalue weighted by Crippen LogP contribution is -2.43. The summed E-state index contributed by atoms with van der Waals surface area (Å²) in [6, 6.07) is 0. The maximum Gasteiger partial charge on any atom is 0.231 e. The first kappa shape index (κ1) is 16.7. The van der Waals surface area contributed by atoms with Crippen LogP contribution in [0.2, 0.25) is 0 Å². The zero-order valence-electron chi connectivity index (χ0n) is 15.0. The maximum absolute atomic E-state index is 12.3. The molecule has 6 nitrogen and oxygen atoms in total.